The van der Waals surface area contributed by atoms with Crippen molar-refractivity contribution in [2.45, 2.75) is 57.5 Å². The molecule has 0 amide bonds. The van der Waals surface area contributed by atoms with E-state index in [4.69, 9.17) is 0 Å². The van der Waals surface area contributed by atoms with Gasteiger partial charge in [-0.05, 0) is 52.2 Å². The molecule has 0 aromatic rings. The fourth-order valence-corrected chi connectivity index (χ4v) is 3.29. The number of nitrogens with zero attached hydrogens (tertiary/aromatic N) is 1. The van der Waals surface area contributed by atoms with Gasteiger partial charge < -0.3 is 5.32 Å². The molecule has 0 aliphatic carbocycles. The molecule has 2 unspecified atom stereocenters. The van der Waals surface area contributed by atoms with Crippen LogP contribution in [0.15, 0.2) is 0 Å². The second kappa shape index (κ2) is 4.19. The fourth-order valence-electron chi connectivity index (χ4n) is 3.29. The van der Waals surface area contributed by atoms with Gasteiger partial charge in [0.1, 0.15) is 0 Å². The topological polar surface area (TPSA) is 15.3 Å². The van der Waals surface area contributed by atoms with Gasteiger partial charge in [-0.2, -0.15) is 0 Å². The van der Waals surface area contributed by atoms with Gasteiger partial charge in [-0.15, -0.1) is 0 Å². The Morgan fingerprint density at radius 2 is 2.21 bits per heavy atom. The van der Waals surface area contributed by atoms with E-state index < -0.39 is 0 Å². The zero-order valence-corrected chi connectivity index (χ0v) is 9.68. The average molecular weight is 196 g/mol. The summed E-state index contributed by atoms with van der Waals surface area (Å²) in [6.07, 6.45) is 6.97. The summed E-state index contributed by atoms with van der Waals surface area (Å²) >= 11 is 0. The van der Waals surface area contributed by atoms with Crippen LogP contribution in [0.25, 0.3) is 0 Å². The van der Waals surface area contributed by atoms with Gasteiger partial charge in [0.25, 0.3) is 0 Å². The first kappa shape index (κ1) is 10.4. The normalized spacial score (nSPS) is 40.3. The van der Waals surface area contributed by atoms with Crippen LogP contribution in [-0.4, -0.2) is 36.1 Å². The Balaban J connectivity index is 2.05. The molecule has 0 spiro atoms. The fraction of sp³-hybridized carbons (Fsp3) is 1.00. The molecule has 0 aromatic heterocycles. The predicted molar refractivity (Wildman–Crippen MR) is 60.5 cm³/mol. The number of hydrogen-bond acceptors (Lipinski definition) is 2. The highest BCUT2D eigenvalue weighted by Gasteiger charge is 2.40. The van der Waals surface area contributed by atoms with Crippen molar-refractivity contribution in [3.05, 3.63) is 0 Å². The van der Waals surface area contributed by atoms with Crippen molar-refractivity contribution < 1.29 is 0 Å². The number of likely N-dealkylation sites (N-methyl/N-ethyl adjacent to an activating group) is 1. The highest BCUT2D eigenvalue weighted by atomic mass is 15.2. The van der Waals surface area contributed by atoms with Crippen LogP contribution < -0.4 is 5.32 Å². The first-order chi connectivity index (χ1) is 6.76. The third-order valence-electron chi connectivity index (χ3n) is 4.16. The molecule has 0 saturated carbocycles. The van der Waals surface area contributed by atoms with Gasteiger partial charge in [-0.25, -0.2) is 0 Å². The maximum absolute atomic E-state index is 3.73. The monoisotopic (exact) mass is 196 g/mol. The number of likely N-dealkylation sites (tertiary alicyclic amines) is 1. The lowest BCUT2D eigenvalue weighted by Crippen LogP contribution is -2.57. The summed E-state index contributed by atoms with van der Waals surface area (Å²) < 4.78 is 0. The van der Waals surface area contributed by atoms with Crippen LogP contribution in [-0.2, 0) is 0 Å². The average Bonchev–Trinajstić information content (AvgIpc) is 2.66. The predicted octanol–water partition coefficient (Wildman–Crippen LogP) is 2.00. The number of piperidine rings is 1. The summed E-state index contributed by atoms with van der Waals surface area (Å²) in [5, 5.41) is 3.73. The Labute approximate surface area is 88.1 Å². The molecule has 2 nitrogen and oxygen atoms in total. The van der Waals surface area contributed by atoms with Crippen LogP contribution >= 0.6 is 0 Å². The first-order valence-electron chi connectivity index (χ1n) is 6.25. The van der Waals surface area contributed by atoms with E-state index in [1.807, 2.05) is 0 Å². The van der Waals surface area contributed by atoms with Crippen molar-refractivity contribution in [2.24, 2.45) is 0 Å². The van der Waals surface area contributed by atoms with Crippen LogP contribution in [0.5, 0.6) is 0 Å². The van der Waals surface area contributed by atoms with E-state index in [-0.39, 0.29) is 0 Å². The van der Waals surface area contributed by atoms with E-state index >= 15 is 0 Å². The van der Waals surface area contributed by atoms with E-state index in [9.17, 15) is 0 Å². The third kappa shape index (κ3) is 1.82. The Bertz CT molecular complexity index is 185. The molecule has 1 N–H and O–H groups in total. The molecule has 2 fully saturated rings. The maximum Gasteiger partial charge on any atom is 0.0309 e. The summed E-state index contributed by atoms with van der Waals surface area (Å²) in [5.41, 5.74) is 0.413. The first-order valence-corrected chi connectivity index (χ1v) is 6.25. The van der Waals surface area contributed by atoms with Crippen molar-refractivity contribution in [2.75, 3.05) is 19.6 Å². The van der Waals surface area contributed by atoms with Crippen LogP contribution in [0.4, 0.5) is 0 Å². The van der Waals surface area contributed by atoms with Gasteiger partial charge >= 0.3 is 0 Å². The van der Waals surface area contributed by atoms with E-state index in [0.717, 1.165) is 6.04 Å². The molecule has 2 aliphatic heterocycles. The quantitative estimate of drug-likeness (QED) is 0.727. The molecule has 2 aliphatic rings. The summed E-state index contributed by atoms with van der Waals surface area (Å²) in [6, 6.07) is 0.795. The van der Waals surface area contributed by atoms with Crippen LogP contribution in [0.3, 0.4) is 0 Å². The minimum atomic E-state index is 0.413. The van der Waals surface area contributed by atoms with Crippen molar-refractivity contribution >= 4 is 0 Å². The molecule has 2 atom stereocenters. The Morgan fingerprint density at radius 1 is 1.36 bits per heavy atom. The Hall–Kier alpha value is -0.0800. The third-order valence-corrected chi connectivity index (χ3v) is 4.16. The van der Waals surface area contributed by atoms with Crippen molar-refractivity contribution in [1.82, 2.24) is 10.2 Å². The second-order valence-corrected chi connectivity index (χ2v) is 5.09. The van der Waals surface area contributed by atoms with Crippen molar-refractivity contribution in [3.63, 3.8) is 0 Å². The summed E-state index contributed by atoms with van der Waals surface area (Å²) in [5.74, 6) is 0. The zero-order chi connectivity index (χ0) is 10.0. The summed E-state index contributed by atoms with van der Waals surface area (Å²) in [4.78, 5) is 2.68. The maximum atomic E-state index is 3.73. The molecular weight excluding hydrogens is 172 g/mol. The van der Waals surface area contributed by atoms with E-state index in [1.165, 1.54) is 51.7 Å². The molecule has 2 saturated heterocycles. The molecule has 0 aromatic carbocycles. The van der Waals surface area contributed by atoms with Gasteiger partial charge in [-0.3, -0.25) is 4.90 Å². The Morgan fingerprint density at radius 3 is 2.86 bits per heavy atom. The molecule has 0 bridgehead atoms. The van der Waals surface area contributed by atoms with Crippen molar-refractivity contribution in [3.8, 4) is 0 Å². The molecular formula is C12H24N2. The van der Waals surface area contributed by atoms with Gasteiger partial charge in [0.2, 0.25) is 0 Å². The zero-order valence-electron chi connectivity index (χ0n) is 9.68. The van der Waals surface area contributed by atoms with Gasteiger partial charge in [0.05, 0.1) is 0 Å². The highest BCUT2D eigenvalue weighted by Crippen LogP contribution is 2.31. The molecule has 2 rings (SSSR count). The smallest absolute Gasteiger partial charge is 0.0309 e. The summed E-state index contributed by atoms with van der Waals surface area (Å²) in [6.45, 7) is 8.50. The summed E-state index contributed by atoms with van der Waals surface area (Å²) in [7, 11) is 0. The minimum Gasteiger partial charge on any atom is -0.310 e. The van der Waals surface area contributed by atoms with E-state index in [2.05, 4.69) is 24.1 Å². The van der Waals surface area contributed by atoms with Crippen LogP contribution in [0.2, 0.25) is 0 Å². The molecule has 0 radical (unpaired) electrons. The number of hydrogen-bond donors (Lipinski definition) is 1. The van der Waals surface area contributed by atoms with Gasteiger partial charge in [0.15, 0.2) is 0 Å². The van der Waals surface area contributed by atoms with Gasteiger partial charge in [0, 0.05) is 11.6 Å². The lowest BCUT2D eigenvalue weighted by Gasteiger charge is -2.45. The molecule has 2 heteroatoms. The Kier molecular flexibility index (Phi) is 3.13. The van der Waals surface area contributed by atoms with Crippen LogP contribution in [0, 0.1) is 0 Å². The highest BCUT2D eigenvalue weighted by molar-refractivity contribution is 5.00. The van der Waals surface area contributed by atoms with E-state index in [0.29, 0.717) is 5.54 Å². The van der Waals surface area contributed by atoms with Crippen LogP contribution in [0.1, 0.15) is 46.0 Å². The van der Waals surface area contributed by atoms with E-state index in [1.54, 1.807) is 0 Å². The minimum absolute atomic E-state index is 0.413. The molecule has 2 heterocycles. The number of nitrogens with one attached hydrogen (secondary N) is 1. The SMILES string of the molecule is CCN1CCCCC1C1(C)CCCN1. The molecule has 14 heavy (non-hydrogen) atoms. The van der Waals surface area contributed by atoms with Crippen molar-refractivity contribution in [1.29, 1.82) is 0 Å². The lowest BCUT2D eigenvalue weighted by molar-refractivity contribution is 0.0840. The van der Waals surface area contributed by atoms with Gasteiger partial charge in [-0.1, -0.05) is 13.3 Å². The number of rotatable bonds is 2. The molecule has 82 valence electrons. The lowest BCUT2D eigenvalue weighted by atomic mass is 9.83. The largest absolute Gasteiger partial charge is 0.310 e. The second-order valence-electron chi connectivity index (χ2n) is 5.09. The standard InChI is InChI=1S/C12H24N2/c1-3-14-10-5-4-7-11(14)12(2)8-6-9-13-12/h11,13H,3-10H2,1-2H3.